The summed E-state index contributed by atoms with van der Waals surface area (Å²) in [5.74, 6) is 0.0128. The van der Waals surface area contributed by atoms with Crippen LogP contribution < -0.4 is 0 Å². The zero-order chi connectivity index (χ0) is 18.0. The van der Waals surface area contributed by atoms with E-state index in [4.69, 9.17) is 4.74 Å². The fraction of sp³-hybridized carbons (Fsp3) is 0.619. The number of nitrogens with zero attached hydrogens (tertiary/aromatic N) is 1. The molecule has 4 rings (SSSR count). The molecule has 1 aromatic rings. The zero-order valence-electron chi connectivity index (χ0n) is 15.5. The Hall–Kier alpha value is -1.84. The maximum absolute atomic E-state index is 13.1. The van der Waals surface area contributed by atoms with E-state index in [0.717, 1.165) is 18.4 Å². The third-order valence-corrected chi connectivity index (χ3v) is 7.49. The van der Waals surface area contributed by atoms with Gasteiger partial charge in [-0.1, -0.05) is 58.0 Å². The number of hydrogen-bond donors (Lipinski definition) is 0. The van der Waals surface area contributed by atoms with Gasteiger partial charge in [0, 0.05) is 11.3 Å². The molecule has 0 unspecified atom stereocenters. The highest BCUT2D eigenvalue weighted by atomic mass is 16.6. The quantitative estimate of drug-likeness (QED) is 0.833. The van der Waals surface area contributed by atoms with Crippen molar-refractivity contribution in [3.8, 4) is 0 Å². The monoisotopic (exact) mass is 341 g/mol. The Morgan fingerprint density at radius 2 is 1.96 bits per heavy atom. The van der Waals surface area contributed by atoms with Crippen LogP contribution in [0.25, 0.3) is 0 Å². The Bertz CT molecular complexity index is 713. The van der Waals surface area contributed by atoms with Gasteiger partial charge in [-0.2, -0.15) is 0 Å². The minimum absolute atomic E-state index is 0.0321. The van der Waals surface area contributed by atoms with Crippen LogP contribution in [0.15, 0.2) is 30.3 Å². The molecular weight excluding hydrogens is 314 g/mol. The van der Waals surface area contributed by atoms with Gasteiger partial charge in [0.25, 0.3) is 0 Å². The van der Waals surface area contributed by atoms with Crippen LogP contribution in [0, 0.1) is 22.7 Å². The lowest BCUT2D eigenvalue weighted by molar-refractivity contribution is -0.133. The molecule has 4 nitrogen and oxygen atoms in total. The SMILES string of the molecule is C[C@@H](Cc1ccccc1)C(=O)N1C(=O)O[C@@H]2[C@H]1[C@@H]1CC[C@@]2(C)C1(C)C. The molecule has 3 fully saturated rings. The summed E-state index contributed by atoms with van der Waals surface area (Å²) in [6, 6.07) is 9.88. The van der Waals surface area contributed by atoms with Crippen molar-refractivity contribution in [3.63, 3.8) is 0 Å². The molecule has 4 heteroatoms. The minimum Gasteiger partial charge on any atom is -0.443 e. The molecular formula is C21H27NO3. The number of amides is 2. The topological polar surface area (TPSA) is 46.6 Å². The second kappa shape index (κ2) is 5.33. The van der Waals surface area contributed by atoms with E-state index in [1.54, 1.807) is 0 Å². The number of fused-ring (bicyclic) bond motifs is 5. The van der Waals surface area contributed by atoms with Crippen molar-refractivity contribution in [3.05, 3.63) is 35.9 Å². The normalized spacial score (nSPS) is 36.2. The van der Waals surface area contributed by atoms with E-state index in [9.17, 15) is 9.59 Å². The summed E-state index contributed by atoms with van der Waals surface area (Å²) < 4.78 is 5.76. The first-order valence-corrected chi connectivity index (χ1v) is 9.35. The summed E-state index contributed by atoms with van der Waals surface area (Å²) in [5, 5.41) is 0. The number of ether oxygens (including phenoxy) is 1. The van der Waals surface area contributed by atoms with Gasteiger partial charge in [0.05, 0.1) is 6.04 Å². The summed E-state index contributed by atoms with van der Waals surface area (Å²) >= 11 is 0. The Labute approximate surface area is 149 Å². The van der Waals surface area contributed by atoms with Crippen molar-refractivity contribution in [1.29, 1.82) is 0 Å². The van der Waals surface area contributed by atoms with E-state index in [0.29, 0.717) is 12.3 Å². The van der Waals surface area contributed by atoms with E-state index in [1.807, 2.05) is 37.3 Å². The molecule has 0 spiro atoms. The van der Waals surface area contributed by atoms with Crippen molar-refractivity contribution in [2.24, 2.45) is 22.7 Å². The van der Waals surface area contributed by atoms with E-state index in [-0.39, 0.29) is 34.8 Å². The standard InChI is InChI=1S/C21H27NO3/c1-13(12-14-8-6-5-7-9-14)18(23)22-16-15-10-11-21(4,20(15,2)3)17(16)25-19(22)24/h5-9,13,15-17H,10-12H2,1-4H3/t13-,15-,16+,17+,21+/m0/s1. The first kappa shape index (κ1) is 16.6. The highest BCUT2D eigenvalue weighted by Gasteiger charge is 2.72. The van der Waals surface area contributed by atoms with Gasteiger partial charge in [0.1, 0.15) is 6.10 Å². The lowest BCUT2D eigenvalue weighted by atomic mass is 9.70. The molecule has 1 heterocycles. The van der Waals surface area contributed by atoms with Gasteiger partial charge in [-0.05, 0) is 36.2 Å². The van der Waals surface area contributed by atoms with Gasteiger partial charge in [-0.15, -0.1) is 0 Å². The van der Waals surface area contributed by atoms with Gasteiger partial charge in [0.15, 0.2) is 0 Å². The smallest absolute Gasteiger partial charge is 0.417 e. The third kappa shape index (κ3) is 2.12. The number of rotatable bonds is 3. The molecule has 134 valence electrons. The molecule has 2 bridgehead atoms. The first-order chi connectivity index (χ1) is 11.8. The second-order valence-electron chi connectivity index (χ2n) is 8.88. The molecule has 3 aliphatic rings. The van der Waals surface area contributed by atoms with Crippen LogP contribution in [0.2, 0.25) is 0 Å². The summed E-state index contributed by atoms with van der Waals surface area (Å²) in [4.78, 5) is 27.1. The largest absolute Gasteiger partial charge is 0.443 e. The Kier molecular flexibility index (Phi) is 3.54. The second-order valence-corrected chi connectivity index (χ2v) is 8.88. The Morgan fingerprint density at radius 3 is 2.64 bits per heavy atom. The highest BCUT2D eigenvalue weighted by Crippen LogP contribution is 2.68. The van der Waals surface area contributed by atoms with Gasteiger partial charge >= 0.3 is 6.09 Å². The molecule has 0 N–H and O–H groups in total. The van der Waals surface area contributed by atoms with Crippen molar-refractivity contribution in [1.82, 2.24) is 4.90 Å². The van der Waals surface area contributed by atoms with E-state index >= 15 is 0 Å². The predicted octanol–water partition coefficient (Wildman–Crippen LogP) is 4.04. The molecule has 1 aromatic carbocycles. The molecule has 2 amide bonds. The number of imide groups is 1. The summed E-state index contributed by atoms with van der Waals surface area (Å²) in [6.45, 7) is 8.68. The number of carbonyl (C=O) groups excluding carboxylic acids is 2. The van der Waals surface area contributed by atoms with Crippen LogP contribution in [-0.4, -0.2) is 29.0 Å². The minimum atomic E-state index is -0.437. The Morgan fingerprint density at radius 1 is 1.28 bits per heavy atom. The summed E-state index contributed by atoms with van der Waals surface area (Å²) in [5.41, 5.74) is 1.17. The maximum Gasteiger partial charge on any atom is 0.417 e. The zero-order valence-corrected chi connectivity index (χ0v) is 15.5. The molecule has 5 atom stereocenters. The van der Waals surface area contributed by atoms with Crippen LogP contribution in [0.4, 0.5) is 4.79 Å². The van der Waals surface area contributed by atoms with Crippen molar-refractivity contribution < 1.29 is 14.3 Å². The van der Waals surface area contributed by atoms with E-state index < -0.39 is 6.09 Å². The number of hydrogen-bond acceptors (Lipinski definition) is 3. The van der Waals surface area contributed by atoms with Crippen LogP contribution in [0.3, 0.4) is 0 Å². The van der Waals surface area contributed by atoms with E-state index in [1.165, 1.54) is 4.90 Å². The van der Waals surface area contributed by atoms with Gasteiger partial charge in [-0.3, -0.25) is 4.79 Å². The van der Waals surface area contributed by atoms with Crippen LogP contribution in [0.5, 0.6) is 0 Å². The van der Waals surface area contributed by atoms with Crippen LogP contribution in [0.1, 0.15) is 46.1 Å². The van der Waals surface area contributed by atoms with E-state index in [2.05, 4.69) is 20.8 Å². The lowest BCUT2D eigenvalue weighted by Crippen LogP contribution is -2.47. The molecule has 0 radical (unpaired) electrons. The maximum atomic E-state index is 13.1. The fourth-order valence-corrected chi connectivity index (χ4v) is 5.59. The van der Waals surface area contributed by atoms with Crippen molar-refractivity contribution in [2.45, 2.75) is 59.1 Å². The predicted molar refractivity (Wildman–Crippen MR) is 94.8 cm³/mol. The average molecular weight is 341 g/mol. The molecule has 2 aliphatic carbocycles. The summed E-state index contributed by atoms with van der Waals surface area (Å²) in [6.07, 6.45) is 2.19. The van der Waals surface area contributed by atoms with Gasteiger partial charge in [-0.25, -0.2) is 9.69 Å². The molecule has 1 aliphatic heterocycles. The summed E-state index contributed by atoms with van der Waals surface area (Å²) in [7, 11) is 0. The molecule has 25 heavy (non-hydrogen) atoms. The van der Waals surface area contributed by atoms with Crippen LogP contribution in [-0.2, 0) is 16.0 Å². The highest BCUT2D eigenvalue weighted by molar-refractivity contribution is 5.95. The number of carbonyl (C=O) groups is 2. The number of benzene rings is 1. The fourth-order valence-electron chi connectivity index (χ4n) is 5.59. The lowest BCUT2D eigenvalue weighted by Gasteiger charge is -2.36. The molecule has 2 saturated carbocycles. The first-order valence-electron chi connectivity index (χ1n) is 9.35. The van der Waals surface area contributed by atoms with Gasteiger partial charge in [0.2, 0.25) is 5.91 Å². The Balaban J connectivity index is 1.58. The van der Waals surface area contributed by atoms with Crippen molar-refractivity contribution in [2.75, 3.05) is 0 Å². The molecule has 0 aromatic heterocycles. The van der Waals surface area contributed by atoms with Crippen molar-refractivity contribution >= 4 is 12.0 Å². The average Bonchev–Trinajstić information content (AvgIpc) is 3.08. The molecule has 1 saturated heterocycles. The van der Waals surface area contributed by atoms with Gasteiger partial charge < -0.3 is 4.74 Å². The van der Waals surface area contributed by atoms with Crippen LogP contribution >= 0.6 is 0 Å². The third-order valence-electron chi connectivity index (χ3n) is 7.49.